The summed E-state index contributed by atoms with van der Waals surface area (Å²) in [5, 5.41) is 0. The maximum Gasteiger partial charge on any atom is 0.136 e. The van der Waals surface area contributed by atoms with E-state index in [1.165, 1.54) is 12.0 Å². The van der Waals surface area contributed by atoms with E-state index in [-0.39, 0.29) is 0 Å². The molecule has 17 heavy (non-hydrogen) atoms. The van der Waals surface area contributed by atoms with Crippen LogP contribution < -0.4 is 0 Å². The van der Waals surface area contributed by atoms with Crippen molar-refractivity contribution in [1.29, 1.82) is 0 Å². The van der Waals surface area contributed by atoms with Crippen LogP contribution in [0.2, 0.25) is 0 Å². The van der Waals surface area contributed by atoms with Crippen molar-refractivity contribution >= 4 is 5.78 Å². The number of allylic oxidation sites excluding steroid dienone is 4. The maximum atomic E-state index is 11.8. The van der Waals surface area contributed by atoms with Gasteiger partial charge in [0, 0.05) is 12.3 Å². The van der Waals surface area contributed by atoms with Gasteiger partial charge in [-0.05, 0) is 52.4 Å². The molecule has 0 unspecified atom stereocenters. The van der Waals surface area contributed by atoms with Gasteiger partial charge in [-0.25, -0.2) is 0 Å². The van der Waals surface area contributed by atoms with E-state index < -0.39 is 0 Å². The first-order chi connectivity index (χ1) is 8.13. The normalized spacial score (nSPS) is 19.7. The molecular formula is C16H26O. The van der Waals surface area contributed by atoms with Crippen molar-refractivity contribution in [3.05, 3.63) is 23.3 Å². The molecule has 0 aromatic carbocycles. The molecule has 96 valence electrons. The maximum absolute atomic E-state index is 11.8. The van der Waals surface area contributed by atoms with Crippen molar-refractivity contribution in [1.82, 2.24) is 0 Å². The molecule has 1 heteroatoms. The summed E-state index contributed by atoms with van der Waals surface area (Å²) in [6.07, 6.45) is 11.9. The van der Waals surface area contributed by atoms with E-state index in [9.17, 15) is 4.79 Å². The first kappa shape index (κ1) is 14.2. The van der Waals surface area contributed by atoms with E-state index in [2.05, 4.69) is 32.9 Å². The number of carbonyl (C=O) groups is 1. The second-order valence-electron chi connectivity index (χ2n) is 5.37. The highest BCUT2D eigenvalue weighted by molar-refractivity contribution is 5.81. The van der Waals surface area contributed by atoms with E-state index in [4.69, 9.17) is 0 Å². The van der Waals surface area contributed by atoms with Crippen LogP contribution in [0.15, 0.2) is 23.3 Å². The highest BCUT2D eigenvalue weighted by atomic mass is 16.1. The molecule has 0 spiro atoms. The predicted octanol–water partition coefficient (Wildman–Crippen LogP) is 4.83. The van der Waals surface area contributed by atoms with Crippen molar-refractivity contribution in [3.8, 4) is 0 Å². The van der Waals surface area contributed by atoms with E-state index in [1.807, 2.05) is 0 Å². The van der Waals surface area contributed by atoms with Gasteiger partial charge in [0.25, 0.3) is 0 Å². The lowest BCUT2D eigenvalue weighted by Crippen LogP contribution is -2.16. The van der Waals surface area contributed by atoms with Gasteiger partial charge in [0.05, 0.1) is 0 Å². The number of carbonyl (C=O) groups excluding carboxylic acids is 1. The molecule has 0 saturated heterocycles. The Morgan fingerprint density at radius 2 is 2.24 bits per heavy atom. The quantitative estimate of drug-likeness (QED) is 0.602. The number of hydrogen-bond donors (Lipinski definition) is 0. The van der Waals surface area contributed by atoms with E-state index in [1.54, 1.807) is 5.57 Å². The minimum absolute atomic E-state index is 0.321. The Hall–Kier alpha value is -0.850. The van der Waals surface area contributed by atoms with Crippen LogP contribution in [-0.2, 0) is 4.79 Å². The molecule has 0 fully saturated rings. The summed E-state index contributed by atoms with van der Waals surface area (Å²) >= 11 is 0. The summed E-state index contributed by atoms with van der Waals surface area (Å²) in [6, 6.07) is 0. The van der Waals surface area contributed by atoms with Crippen LogP contribution in [0.4, 0.5) is 0 Å². The fraction of sp³-hybridized carbons (Fsp3) is 0.688. The summed E-state index contributed by atoms with van der Waals surface area (Å²) in [5.41, 5.74) is 2.96. The molecule has 0 radical (unpaired) electrons. The van der Waals surface area contributed by atoms with E-state index >= 15 is 0 Å². The molecule has 1 aliphatic carbocycles. The highest BCUT2D eigenvalue weighted by Gasteiger charge is 2.20. The lowest BCUT2D eigenvalue weighted by Gasteiger charge is -2.20. The molecule has 0 aliphatic heterocycles. The van der Waals surface area contributed by atoms with Gasteiger partial charge < -0.3 is 0 Å². The van der Waals surface area contributed by atoms with Crippen molar-refractivity contribution in [2.24, 2.45) is 5.92 Å². The molecule has 0 amide bonds. The van der Waals surface area contributed by atoms with Gasteiger partial charge in [-0.3, -0.25) is 4.79 Å². The van der Waals surface area contributed by atoms with Crippen LogP contribution in [0.1, 0.15) is 65.7 Å². The van der Waals surface area contributed by atoms with Gasteiger partial charge >= 0.3 is 0 Å². The lowest BCUT2D eigenvalue weighted by atomic mass is 9.84. The number of Topliss-reactive ketones (excluding diaryl/α,β-unsaturated/α-hetero) is 1. The van der Waals surface area contributed by atoms with Crippen molar-refractivity contribution < 1.29 is 4.79 Å². The van der Waals surface area contributed by atoms with Crippen LogP contribution in [-0.4, -0.2) is 5.78 Å². The second-order valence-corrected chi connectivity index (χ2v) is 5.37. The molecule has 1 aliphatic rings. The summed E-state index contributed by atoms with van der Waals surface area (Å²) in [7, 11) is 0. The highest BCUT2D eigenvalue weighted by Crippen LogP contribution is 2.28. The van der Waals surface area contributed by atoms with Gasteiger partial charge in [-0.1, -0.05) is 30.2 Å². The summed E-state index contributed by atoms with van der Waals surface area (Å²) in [6.45, 7) is 6.38. The largest absolute Gasteiger partial charge is 0.299 e. The van der Waals surface area contributed by atoms with Gasteiger partial charge in [0.2, 0.25) is 0 Å². The van der Waals surface area contributed by atoms with Crippen LogP contribution in [0.3, 0.4) is 0 Å². The zero-order chi connectivity index (χ0) is 12.7. The number of hydrogen-bond acceptors (Lipinski definition) is 1. The Bertz CT molecular complexity index is 305. The number of rotatable bonds is 6. The smallest absolute Gasteiger partial charge is 0.136 e. The topological polar surface area (TPSA) is 17.1 Å². The SMILES string of the molecule is CCCC(=O)[C@@H]1CC=C(CCC=C(C)C)CC1. The summed E-state index contributed by atoms with van der Waals surface area (Å²) in [4.78, 5) is 11.8. The molecular weight excluding hydrogens is 208 g/mol. The average molecular weight is 234 g/mol. The van der Waals surface area contributed by atoms with Crippen LogP contribution in [0, 0.1) is 5.92 Å². The van der Waals surface area contributed by atoms with Gasteiger partial charge in [-0.2, -0.15) is 0 Å². The molecule has 0 aromatic heterocycles. The third-order valence-corrected chi connectivity index (χ3v) is 3.47. The molecule has 0 aromatic rings. The molecule has 0 saturated carbocycles. The van der Waals surface area contributed by atoms with Crippen molar-refractivity contribution in [3.63, 3.8) is 0 Å². The standard InChI is InChI=1S/C16H26O/c1-4-6-16(17)15-11-9-14(10-12-15)8-5-7-13(2)3/h7,9,15H,4-6,8,10-12H2,1-3H3/t15-/m1/s1. The predicted molar refractivity (Wildman–Crippen MR) is 74.0 cm³/mol. The first-order valence-corrected chi connectivity index (χ1v) is 6.97. The van der Waals surface area contributed by atoms with Crippen LogP contribution in [0.25, 0.3) is 0 Å². The lowest BCUT2D eigenvalue weighted by molar-refractivity contribution is -0.123. The molecule has 0 heterocycles. The Balaban J connectivity index is 2.34. The van der Waals surface area contributed by atoms with E-state index in [0.717, 1.165) is 38.5 Å². The summed E-state index contributed by atoms with van der Waals surface area (Å²) < 4.78 is 0. The Morgan fingerprint density at radius 1 is 1.47 bits per heavy atom. The molecule has 1 atom stereocenters. The minimum atomic E-state index is 0.321. The third-order valence-electron chi connectivity index (χ3n) is 3.47. The molecule has 0 bridgehead atoms. The van der Waals surface area contributed by atoms with Crippen molar-refractivity contribution in [2.75, 3.05) is 0 Å². The monoisotopic (exact) mass is 234 g/mol. The summed E-state index contributed by atoms with van der Waals surface area (Å²) in [5.74, 6) is 0.800. The molecule has 1 rings (SSSR count). The Kier molecular flexibility index (Phi) is 6.25. The molecule has 1 nitrogen and oxygen atoms in total. The van der Waals surface area contributed by atoms with Gasteiger partial charge in [-0.15, -0.1) is 0 Å². The number of ketones is 1. The first-order valence-electron chi connectivity index (χ1n) is 6.97. The van der Waals surface area contributed by atoms with Crippen LogP contribution >= 0.6 is 0 Å². The van der Waals surface area contributed by atoms with Crippen molar-refractivity contribution in [2.45, 2.75) is 65.7 Å². The van der Waals surface area contributed by atoms with Gasteiger partial charge in [0.15, 0.2) is 0 Å². The van der Waals surface area contributed by atoms with Crippen LogP contribution in [0.5, 0.6) is 0 Å². The average Bonchev–Trinajstić information content (AvgIpc) is 2.30. The Labute approximate surface area is 106 Å². The van der Waals surface area contributed by atoms with Gasteiger partial charge in [0.1, 0.15) is 5.78 Å². The fourth-order valence-electron chi connectivity index (χ4n) is 2.40. The fourth-order valence-corrected chi connectivity index (χ4v) is 2.40. The van der Waals surface area contributed by atoms with E-state index in [0.29, 0.717) is 11.7 Å². The zero-order valence-electron chi connectivity index (χ0n) is 11.6. The second kappa shape index (κ2) is 7.47. The molecule has 0 N–H and O–H groups in total. The Morgan fingerprint density at radius 3 is 2.76 bits per heavy atom. The third kappa shape index (κ3) is 5.34. The minimum Gasteiger partial charge on any atom is -0.299 e. The zero-order valence-corrected chi connectivity index (χ0v) is 11.6.